The van der Waals surface area contributed by atoms with E-state index in [2.05, 4.69) is 0 Å². The number of sulfonamides is 1. The first-order chi connectivity index (χ1) is 17.5. The molecule has 0 amide bonds. The van der Waals surface area contributed by atoms with Crippen LogP contribution in [0.2, 0.25) is 0 Å². The summed E-state index contributed by atoms with van der Waals surface area (Å²) in [5, 5.41) is 0. The molecule has 7 nitrogen and oxygen atoms in total. The fraction of sp³-hybridized carbons (Fsp3) is 0.357. The Labute approximate surface area is 213 Å². The van der Waals surface area contributed by atoms with E-state index in [0.717, 1.165) is 29.7 Å². The number of nitrogens with zero attached hydrogens (tertiary/aromatic N) is 1. The van der Waals surface area contributed by atoms with Crippen molar-refractivity contribution in [3.8, 4) is 17.2 Å². The van der Waals surface area contributed by atoms with Crippen LogP contribution >= 0.6 is 0 Å². The van der Waals surface area contributed by atoms with Crippen LogP contribution in [0.3, 0.4) is 0 Å². The standard InChI is InChI=1S/C28H33NO6S/c1-3-4-17-29-18-25(21-33-19-22-9-6-5-7-10-22)35-27-12-8-11-26(28(27)36(29,30)31)34-20-23-13-15-24(32-2)16-14-23/h5-16,25H,3-4,17-21H2,1-2H3. The number of hydrogen-bond donors (Lipinski definition) is 0. The first-order valence-electron chi connectivity index (χ1n) is 12.2. The monoisotopic (exact) mass is 511 g/mol. The molecule has 0 saturated carbocycles. The average Bonchev–Trinajstić information content (AvgIpc) is 3.00. The van der Waals surface area contributed by atoms with Gasteiger partial charge < -0.3 is 18.9 Å². The lowest BCUT2D eigenvalue weighted by atomic mass is 10.2. The van der Waals surface area contributed by atoms with E-state index < -0.39 is 16.1 Å². The number of methoxy groups -OCH3 is 1. The van der Waals surface area contributed by atoms with Gasteiger partial charge >= 0.3 is 0 Å². The summed E-state index contributed by atoms with van der Waals surface area (Å²) in [4.78, 5) is 0.0696. The molecule has 0 aliphatic carbocycles. The summed E-state index contributed by atoms with van der Waals surface area (Å²) in [5.41, 5.74) is 1.95. The van der Waals surface area contributed by atoms with Gasteiger partial charge in [0, 0.05) is 6.54 Å². The van der Waals surface area contributed by atoms with Crippen LogP contribution in [-0.4, -0.2) is 45.6 Å². The third kappa shape index (κ3) is 6.37. The molecule has 0 radical (unpaired) electrons. The van der Waals surface area contributed by atoms with Crippen molar-refractivity contribution in [2.24, 2.45) is 0 Å². The Hall–Kier alpha value is -3.07. The van der Waals surface area contributed by atoms with Crippen LogP contribution in [-0.2, 0) is 28.0 Å². The highest BCUT2D eigenvalue weighted by atomic mass is 32.2. The van der Waals surface area contributed by atoms with E-state index in [1.807, 2.05) is 61.5 Å². The van der Waals surface area contributed by atoms with Crippen molar-refractivity contribution in [3.05, 3.63) is 83.9 Å². The molecule has 1 unspecified atom stereocenters. The Bertz CT molecular complexity index is 1210. The summed E-state index contributed by atoms with van der Waals surface area (Å²) >= 11 is 0. The molecule has 192 valence electrons. The van der Waals surface area contributed by atoms with Gasteiger partial charge in [-0.2, -0.15) is 4.31 Å². The first kappa shape index (κ1) is 26.0. The summed E-state index contributed by atoms with van der Waals surface area (Å²) in [7, 11) is -2.23. The van der Waals surface area contributed by atoms with Gasteiger partial charge in [0.2, 0.25) is 0 Å². The molecule has 3 aromatic rings. The van der Waals surface area contributed by atoms with Crippen LogP contribution in [0.5, 0.6) is 17.2 Å². The van der Waals surface area contributed by atoms with E-state index in [1.165, 1.54) is 4.31 Å². The molecule has 0 N–H and O–H groups in total. The molecule has 0 bridgehead atoms. The predicted octanol–water partition coefficient (Wildman–Crippen LogP) is 5.04. The zero-order valence-corrected chi connectivity index (χ0v) is 21.6. The molecule has 4 rings (SSSR count). The van der Waals surface area contributed by atoms with Gasteiger partial charge in [0.1, 0.15) is 30.0 Å². The summed E-state index contributed by atoms with van der Waals surface area (Å²) in [5.74, 6) is 1.31. The second-order valence-electron chi connectivity index (χ2n) is 8.68. The fourth-order valence-electron chi connectivity index (χ4n) is 4.03. The Balaban J connectivity index is 1.56. The van der Waals surface area contributed by atoms with Gasteiger partial charge in [0.05, 0.1) is 26.9 Å². The molecular weight excluding hydrogens is 478 g/mol. The first-order valence-corrected chi connectivity index (χ1v) is 13.6. The van der Waals surface area contributed by atoms with Crippen molar-refractivity contribution in [2.45, 2.75) is 44.0 Å². The van der Waals surface area contributed by atoms with Crippen molar-refractivity contribution < 1.29 is 27.4 Å². The topological polar surface area (TPSA) is 74.3 Å². The Morgan fingerprint density at radius 3 is 2.42 bits per heavy atom. The number of unbranched alkanes of at least 4 members (excludes halogenated alkanes) is 1. The van der Waals surface area contributed by atoms with Crippen LogP contribution in [0.1, 0.15) is 30.9 Å². The van der Waals surface area contributed by atoms with Gasteiger partial charge in [-0.25, -0.2) is 8.42 Å². The summed E-state index contributed by atoms with van der Waals surface area (Å²) < 4.78 is 52.5. The molecule has 1 aliphatic rings. The maximum atomic E-state index is 13.8. The average molecular weight is 512 g/mol. The largest absolute Gasteiger partial charge is 0.497 e. The zero-order chi connectivity index (χ0) is 25.4. The number of rotatable bonds is 11. The van der Waals surface area contributed by atoms with Gasteiger partial charge in [0.15, 0.2) is 4.90 Å². The molecule has 1 aliphatic heterocycles. The zero-order valence-electron chi connectivity index (χ0n) is 20.8. The Morgan fingerprint density at radius 2 is 1.69 bits per heavy atom. The smallest absolute Gasteiger partial charge is 0.250 e. The highest BCUT2D eigenvalue weighted by Gasteiger charge is 2.37. The van der Waals surface area contributed by atoms with E-state index >= 15 is 0 Å². The van der Waals surface area contributed by atoms with Crippen molar-refractivity contribution >= 4 is 10.0 Å². The molecule has 0 aromatic heterocycles. The minimum Gasteiger partial charge on any atom is -0.497 e. The van der Waals surface area contributed by atoms with Crippen molar-refractivity contribution in [1.29, 1.82) is 0 Å². The summed E-state index contributed by atoms with van der Waals surface area (Å²) in [6.07, 6.45) is 1.18. The summed E-state index contributed by atoms with van der Waals surface area (Å²) in [6, 6.07) is 22.4. The number of ether oxygens (including phenoxy) is 4. The third-order valence-electron chi connectivity index (χ3n) is 5.97. The molecule has 3 aromatic carbocycles. The van der Waals surface area contributed by atoms with Crippen LogP contribution in [0.25, 0.3) is 0 Å². The van der Waals surface area contributed by atoms with Gasteiger partial charge in [-0.3, -0.25) is 0 Å². The quantitative estimate of drug-likeness (QED) is 0.359. The van der Waals surface area contributed by atoms with Crippen molar-refractivity contribution in [2.75, 3.05) is 26.8 Å². The molecule has 1 heterocycles. The molecule has 0 fully saturated rings. The number of fused-ring (bicyclic) bond motifs is 1. The van der Waals surface area contributed by atoms with E-state index in [1.54, 1.807) is 25.3 Å². The maximum absolute atomic E-state index is 13.8. The second kappa shape index (κ2) is 12.3. The van der Waals surface area contributed by atoms with Crippen LogP contribution in [0.15, 0.2) is 77.7 Å². The van der Waals surface area contributed by atoms with E-state index in [4.69, 9.17) is 18.9 Å². The highest BCUT2D eigenvalue weighted by molar-refractivity contribution is 7.89. The van der Waals surface area contributed by atoms with Gasteiger partial charge in [-0.1, -0.05) is 61.9 Å². The lowest BCUT2D eigenvalue weighted by molar-refractivity contribution is 0.0339. The lowest BCUT2D eigenvalue weighted by Crippen LogP contribution is -2.39. The molecule has 36 heavy (non-hydrogen) atoms. The minimum absolute atomic E-state index is 0.0696. The van der Waals surface area contributed by atoms with Gasteiger partial charge in [-0.05, 0) is 41.8 Å². The third-order valence-corrected chi connectivity index (χ3v) is 7.90. The van der Waals surface area contributed by atoms with Crippen LogP contribution in [0, 0.1) is 0 Å². The van der Waals surface area contributed by atoms with Crippen molar-refractivity contribution in [1.82, 2.24) is 4.31 Å². The number of hydrogen-bond acceptors (Lipinski definition) is 6. The minimum atomic E-state index is -3.84. The van der Waals surface area contributed by atoms with E-state index in [9.17, 15) is 8.42 Å². The molecular formula is C28H33NO6S. The highest BCUT2D eigenvalue weighted by Crippen LogP contribution is 2.38. The second-order valence-corrected chi connectivity index (χ2v) is 10.6. The Kier molecular flexibility index (Phi) is 8.85. The lowest BCUT2D eigenvalue weighted by Gasteiger charge is -2.23. The molecule has 8 heteroatoms. The molecule has 1 atom stereocenters. The number of benzene rings is 3. The van der Waals surface area contributed by atoms with Gasteiger partial charge in [-0.15, -0.1) is 0 Å². The maximum Gasteiger partial charge on any atom is 0.250 e. The van der Waals surface area contributed by atoms with Crippen molar-refractivity contribution in [3.63, 3.8) is 0 Å². The molecule has 0 spiro atoms. The van der Waals surface area contributed by atoms with E-state index in [0.29, 0.717) is 13.2 Å². The van der Waals surface area contributed by atoms with E-state index in [-0.39, 0.29) is 36.2 Å². The van der Waals surface area contributed by atoms with Gasteiger partial charge in [0.25, 0.3) is 10.0 Å². The van der Waals surface area contributed by atoms with Crippen LogP contribution < -0.4 is 14.2 Å². The molecule has 0 saturated heterocycles. The fourth-order valence-corrected chi connectivity index (χ4v) is 5.77. The summed E-state index contributed by atoms with van der Waals surface area (Å²) in [6.45, 7) is 3.57. The van der Waals surface area contributed by atoms with Crippen LogP contribution in [0.4, 0.5) is 0 Å². The SMILES string of the molecule is CCCCN1CC(COCc2ccccc2)Oc2cccc(OCc3ccc(OC)cc3)c2S1(=O)=O. The normalized spacial score (nSPS) is 17.0. The predicted molar refractivity (Wildman–Crippen MR) is 138 cm³/mol. The Morgan fingerprint density at radius 1 is 0.944 bits per heavy atom.